The van der Waals surface area contributed by atoms with Gasteiger partial charge in [-0.3, -0.25) is 4.79 Å². The molecule has 6 heteroatoms. The smallest absolute Gasteiger partial charge is 0.265 e. The van der Waals surface area contributed by atoms with Gasteiger partial charge in [0.05, 0.1) is 11.2 Å². The molecule has 84 valence electrons. The van der Waals surface area contributed by atoms with Gasteiger partial charge in [0.25, 0.3) is 5.91 Å². The average Bonchev–Trinajstić information content (AvgIpc) is 2.73. The van der Waals surface area contributed by atoms with Crippen LogP contribution in [-0.4, -0.2) is 34.9 Å². The van der Waals surface area contributed by atoms with E-state index in [1.807, 2.05) is 6.92 Å². The molecule has 2 rings (SSSR count). The highest BCUT2D eigenvalue weighted by atomic mass is 35.5. The number of rotatable bonds is 1. The minimum atomic E-state index is 0. The third-order valence-electron chi connectivity index (χ3n) is 2.34. The number of hydrogen-bond donors (Lipinski definition) is 1. The van der Waals surface area contributed by atoms with Crippen molar-refractivity contribution in [2.45, 2.75) is 19.4 Å². The molecule has 1 aromatic rings. The van der Waals surface area contributed by atoms with Gasteiger partial charge in [-0.15, -0.1) is 23.7 Å². The van der Waals surface area contributed by atoms with Crippen LogP contribution in [-0.2, 0) is 0 Å². The zero-order chi connectivity index (χ0) is 10.1. The summed E-state index contributed by atoms with van der Waals surface area (Å²) in [5, 5.41) is 0.928. The number of aryl methyl sites for hydroxylation is 1. The summed E-state index contributed by atoms with van der Waals surface area (Å²) in [5.74, 6) is 0.0727. The minimum absolute atomic E-state index is 0. The summed E-state index contributed by atoms with van der Waals surface area (Å²) in [6.45, 7) is 3.35. The van der Waals surface area contributed by atoms with Crippen molar-refractivity contribution in [1.29, 1.82) is 0 Å². The predicted molar refractivity (Wildman–Crippen MR) is 62.6 cm³/mol. The molecule has 0 radical (unpaired) electrons. The van der Waals surface area contributed by atoms with E-state index >= 15 is 0 Å². The Bertz CT molecular complexity index is 355. The van der Waals surface area contributed by atoms with Gasteiger partial charge in [0.2, 0.25) is 0 Å². The van der Waals surface area contributed by atoms with Crippen LogP contribution < -0.4 is 5.73 Å². The number of hydrogen-bond acceptors (Lipinski definition) is 4. The Labute approximate surface area is 98.9 Å². The third kappa shape index (κ3) is 2.68. The Morgan fingerprint density at radius 1 is 1.73 bits per heavy atom. The Morgan fingerprint density at radius 3 is 2.93 bits per heavy atom. The second-order valence-electron chi connectivity index (χ2n) is 3.54. The fraction of sp³-hybridized carbons (Fsp3) is 0.556. The van der Waals surface area contributed by atoms with E-state index in [1.165, 1.54) is 11.3 Å². The third-order valence-corrected chi connectivity index (χ3v) is 3.24. The molecule has 0 aliphatic carbocycles. The monoisotopic (exact) mass is 247 g/mol. The van der Waals surface area contributed by atoms with Crippen molar-refractivity contribution in [3.63, 3.8) is 0 Å². The van der Waals surface area contributed by atoms with E-state index in [4.69, 9.17) is 5.73 Å². The quantitative estimate of drug-likeness (QED) is 0.807. The number of halogens is 1. The predicted octanol–water partition coefficient (Wildman–Crippen LogP) is 1.05. The lowest BCUT2D eigenvalue weighted by Gasteiger charge is -2.13. The lowest BCUT2D eigenvalue weighted by atomic mass is 10.3. The molecule has 4 nitrogen and oxygen atoms in total. The van der Waals surface area contributed by atoms with E-state index in [9.17, 15) is 4.79 Å². The summed E-state index contributed by atoms with van der Waals surface area (Å²) >= 11 is 1.44. The van der Waals surface area contributed by atoms with E-state index in [0.717, 1.165) is 22.9 Å². The topological polar surface area (TPSA) is 59.2 Å². The molecule has 1 aliphatic rings. The first-order chi connectivity index (χ1) is 6.66. The van der Waals surface area contributed by atoms with Crippen LogP contribution >= 0.6 is 23.7 Å². The first-order valence-corrected chi connectivity index (χ1v) is 5.46. The van der Waals surface area contributed by atoms with Gasteiger partial charge >= 0.3 is 0 Å². The van der Waals surface area contributed by atoms with Crippen molar-refractivity contribution in [1.82, 2.24) is 9.88 Å². The van der Waals surface area contributed by atoms with Gasteiger partial charge in [-0.05, 0) is 13.3 Å². The second-order valence-corrected chi connectivity index (χ2v) is 4.78. The minimum Gasteiger partial charge on any atom is -0.336 e. The van der Waals surface area contributed by atoms with E-state index < -0.39 is 0 Å². The van der Waals surface area contributed by atoms with Crippen molar-refractivity contribution in [3.05, 3.63) is 16.1 Å². The molecular weight excluding hydrogens is 234 g/mol. The molecule has 0 aromatic carbocycles. The maximum absolute atomic E-state index is 11.8. The van der Waals surface area contributed by atoms with Crippen LogP contribution in [0.5, 0.6) is 0 Å². The number of aromatic nitrogens is 1. The number of amides is 1. The summed E-state index contributed by atoms with van der Waals surface area (Å²) in [4.78, 5) is 18.4. The molecule has 1 saturated heterocycles. The van der Waals surface area contributed by atoms with Crippen LogP contribution in [0.25, 0.3) is 0 Å². The first-order valence-electron chi connectivity index (χ1n) is 4.64. The second kappa shape index (κ2) is 4.92. The van der Waals surface area contributed by atoms with Crippen molar-refractivity contribution in [3.8, 4) is 0 Å². The fourth-order valence-electron chi connectivity index (χ4n) is 1.59. The molecule has 1 amide bonds. The van der Waals surface area contributed by atoms with Crippen molar-refractivity contribution in [2.75, 3.05) is 13.1 Å². The lowest BCUT2D eigenvalue weighted by molar-refractivity contribution is 0.0795. The highest BCUT2D eigenvalue weighted by Crippen LogP contribution is 2.17. The number of nitrogens with two attached hydrogens (primary N) is 1. The van der Waals surface area contributed by atoms with Gasteiger partial charge in [-0.1, -0.05) is 0 Å². The van der Waals surface area contributed by atoms with Crippen molar-refractivity contribution in [2.24, 2.45) is 5.73 Å². The summed E-state index contributed by atoms with van der Waals surface area (Å²) in [6, 6.07) is 0.146. The van der Waals surface area contributed by atoms with E-state index in [-0.39, 0.29) is 24.4 Å². The molecule has 0 bridgehead atoms. The zero-order valence-electron chi connectivity index (χ0n) is 8.47. The SMILES string of the molecule is Cc1ncc(C(=O)N2CC[C@@H](N)C2)s1.Cl. The Hall–Kier alpha value is -0.650. The largest absolute Gasteiger partial charge is 0.336 e. The van der Waals surface area contributed by atoms with Crippen LogP contribution in [0.3, 0.4) is 0 Å². The maximum Gasteiger partial charge on any atom is 0.265 e. The highest BCUT2D eigenvalue weighted by Gasteiger charge is 2.25. The molecule has 1 aromatic heterocycles. The van der Waals surface area contributed by atoms with Gasteiger partial charge in [0, 0.05) is 19.1 Å². The molecule has 2 heterocycles. The van der Waals surface area contributed by atoms with Crippen LogP contribution in [0, 0.1) is 6.92 Å². The molecule has 0 unspecified atom stereocenters. The Balaban J connectivity index is 0.00000112. The molecule has 2 N–H and O–H groups in total. The molecule has 0 spiro atoms. The summed E-state index contributed by atoms with van der Waals surface area (Å²) < 4.78 is 0. The summed E-state index contributed by atoms with van der Waals surface area (Å²) in [6.07, 6.45) is 2.55. The van der Waals surface area contributed by atoms with Gasteiger partial charge in [-0.25, -0.2) is 4.98 Å². The lowest BCUT2D eigenvalue weighted by Crippen LogP contribution is -2.31. The summed E-state index contributed by atoms with van der Waals surface area (Å²) in [7, 11) is 0. The Kier molecular flexibility index (Phi) is 4.07. The van der Waals surface area contributed by atoms with E-state index in [1.54, 1.807) is 11.1 Å². The van der Waals surface area contributed by atoms with Gasteiger partial charge in [0.1, 0.15) is 4.88 Å². The number of carbonyl (C=O) groups is 1. The van der Waals surface area contributed by atoms with Crippen LogP contribution in [0.15, 0.2) is 6.20 Å². The van der Waals surface area contributed by atoms with Crippen LogP contribution in [0.1, 0.15) is 21.1 Å². The standard InChI is InChI=1S/C9H13N3OS.ClH/c1-6-11-4-8(14-6)9(13)12-3-2-7(10)5-12;/h4,7H,2-3,5,10H2,1H3;1H/t7-;/m1./s1. The van der Waals surface area contributed by atoms with Gasteiger partial charge < -0.3 is 10.6 Å². The highest BCUT2D eigenvalue weighted by molar-refractivity contribution is 7.13. The van der Waals surface area contributed by atoms with Gasteiger partial charge in [-0.2, -0.15) is 0 Å². The van der Waals surface area contributed by atoms with E-state index in [0.29, 0.717) is 6.54 Å². The maximum atomic E-state index is 11.8. The number of carbonyl (C=O) groups excluding carboxylic acids is 1. The molecule has 15 heavy (non-hydrogen) atoms. The summed E-state index contributed by atoms with van der Waals surface area (Å²) in [5.41, 5.74) is 5.74. The number of likely N-dealkylation sites (tertiary alicyclic amines) is 1. The fourth-order valence-corrected chi connectivity index (χ4v) is 2.33. The average molecular weight is 248 g/mol. The van der Waals surface area contributed by atoms with Crippen LogP contribution in [0.2, 0.25) is 0 Å². The van der Waals surface area contributed by atoms with Gasteiger partial charge in [0.15, 0.2) is 0 Å². The number of nitrogens with zero attached hydrogens (tertiary/aromatic N) is 2. The molecule has 1 atom stereocenters. The Morgan fingerprint density at radius 2 is 2.47 bits per heavy atom. The van der Waals surface area contributed by atoms with Crippen molar-refractivity contribution >= 4 is 29.7 Å². The van der Waals surface area contributed by atoms with E-state index in [2.05, 4.69) is 4.98 Å². The first kappa shape index (κ1) is 12.4. The number of thiazole rings is 1. The molecule has 1 fully saturated rings. The van der Waals surface area contributed by atoms with Crippen LogP contribution in [0.4, 0.5) is 0 Å². The molecule has 0 saturated carbocycles. The van der Waals surface area contributed by atoms with Crippen molar-refractivity contribution < 1.29 is 4.79 Å². The molecular formula is C9H14ClN3OS. The zero-order valence-corrected chi connectivity index (χ0v) is 10.1. The molecule has 1 aliphatic heterocycles. The normalized spacial score (nSPS) is 20.1.